The Hall–Kier alpha value is -5.25. The number of ether oxygens (including phenoxy) is 10. The summed E-state index contributed by atoms with van der Waals surface area (Å²) >= 11 is 25.8. The molecule has 0 radical (unpaired) electrons. The molecule has 3 aliphatic rings. The highest BCUT2D eigenvalue weighted by atomic mass is 35.5. The number of hydrogen-bond donors (Lipinski definition) is 1. The van der Waals surface area contributed by atoms with E-state index < -0.39 is 103 Å². The van der Waals surface area contributed by atoms with E-state index >= 15 is 0 Å². The number of esters is 2. The topological polar surface area (TPSA) is 233 Å². The first-order chi connectivity index (χ1) is 33.3. The van der Waals surface area contributed by atoms with Crippen LogP contribution in [-0.4, -0.2) is 129 Å². The highest BCUT2D eigenvalue weighted by molar-refractivity contribution is 6.55. The van der Waals surface area contributed by atoms with Crippen molar-refractivity contribution in [1.82, 2.24) is 4.90 Å². The molecule has 2 fully saturated rings. The first-order valence-corrected chi connectivity index (χ1v) is 22.6. The summed E-state index contributed by atoms with van der Waals surface area (Å²) in [5, 5.41) is 15.4. The maximum atomic E-state index is 14.6. The van der Waals surface area contributed by atoms with Gasteiger partial charge in [-0.05, 0) is 40.9 Å². The van der Waals surface area contributed by atoms with Gasteiger partial charge in [0.25, 0.3) is 11.8 Å². The van der Waals surface area contributed by atoms with E-state index in [0.29, 0.717) is 10.6 Å². The lowest BCUT2D eigenvalue weighted by molar-refractivity contribution is -0.339. The summed E-state index contributed by atoms with van der Waals surface area (Å²) in [7, 11) is 2.60. The Kier molecular flexibility index (Phi) is 17.6. The monoisotopic (exact) mass is 1030 g/mol. The summed E-state index contributed by atoms with van der Waals surface area (Å²) in [4.78, 5) is 58.1. The number of imide groups is 1. The number of azide groups is 1. The molecule has 10 atom stereocenters. The van der Waals surface area contributed by atoms with Crippen LogP contribution in [0.5, 0.6) is 11.5 Å². The lowest BCUT2D eigenvalue weighted by atomic mass is 9.93. The average molecular weight is 1030 g/mol. The van der Waals surface area contributed by atoms with E-state index in [9.17, 15) is 29.8 Å². The largest absolute Gasteiger partial charge is 0.497 e. The minimum absolute atomic E-state index is 0.0436. The van der Waals surface area contributed by atoms with Crippen molar-refractivity contribution in [2.45, 2.75) is 81.4 Å². The van der Waals surface area contributed by atoms with Crippen molar-refractivity contribution in [2.75, 3.05) is 34.0 Å². The highest BCUT2D eigenvalue weighted by Crippen LogP contribution is 2.47. The molecule has 0 saturated carbocycles. The van der Waals surface area contributed by atoms with Gasteiger partial charge in [-0.3, -0.25) is 19.3 Å². The van der Waals surface area contributed by atoms with Gasteiger partial charge in [0.15, 0.2) is 12.4 Å². The number of carbonyl (C=O) groups excluding carboxylic acids is 4. The van der Waals surface area contributed by atoms with Crippen LogP contribution in [0.3, 0.4) is 0 Å². The molecule has 0 spiro atoms. The van der Waals surface area contributed by atoms with Crippen molar-refractivity contribution in [3.63, 3.8) is 0 Å². The predicted molar refractivity (Wildman–Crippen MR) is 245 cm³/mol. The molecule has 0 bridgehead atoms. The van der Waals surface area contributed by atoms with Crippen LogP contribution in [0, 0.1) is 0 Å². The molecule has 0 aliphatic carbocycles. The first kappa shape index (κ1) is 51.6. The Morgan fingerprint density at radius 2 is 1.28 bits per heavy atom. The number of aliphatic hydroxyl groups is 1. The van der Waals surface area contributed by atoms with E-state index in [-0.39, 0.29) is 52.3 Å². The Morgan fingerprint density at radius 3 is 1.80 bits per heavy atom. The second-order valence-corrected chi connectivity index (χ2v) is 17.1. The van der Waals surface area contributed by atoms with Crippen molar-refractivity contribution < 1.29 is 71.7 Å². The maximum Gasteiger partial charge on any atom is 0.331 e. The number of carbonyl (C=O) groups is 4. The molecular formula is C46H44Cl4N4O15. The molecule has 0 aromatic heterocycles. The fourth-order valence-corrected chi connectivity index (χ4v) is 8.98. The van der Waals surface area contributed by atoms with Crippen LogP contribution in [0.1, 0.15) is 38.8 Å². The molecule has 23 heteroatoms. The molecule has 7 rings (SSSR count). The molecular weight excluding hydrogens is 990 g/mol. The van der Waals surface area contributed by atoms with Crippen LogP contribution >= 0.6 is 46.4 Å². The predicted octanol–water partition coefficient (Wildman–Crippen LogP) is 7.15. The number of amides is 2. The number of nitrogens with zero attached hydrogens (tertiary/aromatic N) is 4. The average Bonchev–Trinajstić information content (AvgIpc) is 3.61. The van der Waals surface area contributed by atoms with Gasteiger partial charge in [0.1, 0.15) is 48.6 Å². The minimum atomic E-state index is -1.99. The molecule has 366 valence electrons. The van der Waals surface area contributed by atoms with Gasteiger partial charge in [-0.25, -0.2) is 4.79 Å². The van der Waals surface area contributed by atoms with Gasteiger partial charge in [0.05, 0.1) is 84.0 Å². The van der Waals surface area contributed by atoms with Crippen molar-refractivity contribution >= 4 is 70.2 Å². The highest BCUT2D eigenvalue weighted by Gasteiger charge is 2.58. The van der Waals surface area contributed by atoms with Gasteiger partial charge in [0, 0.05) is 11.8 Å². The van der Waals surface area contributed by atoms with Gasteiger partial charge in [-0.15, -0.1) is 0 Å². The van der Waals surface area contributed by atoms with Crippen molar-refractivity contribution in [1.29, 1.82) is 0 Å². The summed E-state index contributed by atoms with van der Waals surface area (Å²) in [6, 6.07) is 21.3. The third-order valence-electron chi connectivity index (χ3n) is 11.2. The summed E-state index contributed by atoms with van der Waals surface area (Å²) in [6.45, 7) is -0.125. The molecule has 69 heavy (non-hydrogen) atoms. The Labute approximate surface area is 414 Å². The third kappa shape index (κ3) is 11.7. The number of benzene rings is 4. The van der Waals surface area contributed by atoms with E-state index in [1.54, 1.807) is 12.1 Å². The summed E-state index contributed by atoms with van der Waals surface area (Å²) in [5.74, 6) is -3.20. The van der Waals surface area contributed by atoms with Gasteiger partial charge in [-0.1, -0.05) is 112 Å². The van der Waals surface area contributed by atoms with Crippen molar-refractivity contribution in [2.24, 2.45) is 5.11 Å². The van der Waals surface area contributed by atoms with E-state index in [1.165, 1.54) is 19.2 Å². The van der Waals surface area contributed by atoms with Gasteiger partial charge >= 0.3 is 11.9 Å². The minimum Gasteiger partial charge on any atom is -0.497 e. The number of rotatable bonds is 19. The molecule has 19 nitrogen and oxygen atoms in total. The number of aliphatic hydroxyl groups excluding tert-OH is 1. The molecule has 3 heterocycles. The molecule has 4 aromatic rings. The van der Waals surface area contributed by atoms with Crippen LogP contribution in [0.25, 0.3) is 10.4 Å². The molecule has 4 aromatic carbocycles. The lowest BCUT2D eigenvalue weighted by Crippen LogP contribution is -2.69. The quantitative estimate of drug-likeness (QED) is 0.0187. The summed E-state index contributed by atoms with van der Waals surface area (Å²) in [5.41, 5.74) is 10.5. The van der Waals surface area contributed by atoms with Gasteiger partial charge < -0.3 is 52.5 Å². The molecule has 3 aliphatic heterocycles. The van der Waals surface area contributed by atoms with Gasteiger partial charge in [-0.2, -0.15) is 0 Å². The van der Waals surface area contributed by atoms with E-state index in [4.69, 9.17) is 93.8 Å². The zero-order chi connectivity index (χ0) is 49.4. The number of methoxy groups -OCH3 is 2. The number of hydrogen-bond acceptors (Lipinski definition) is 16. The summed E-state index contributed by atoms with van der Waals surface area (Å²) < 4.78 is 60.0. The number of fused-ring (bicyclic) bond motifs is 1. The maximum absolute atomic E-state index is 14.6. The Morgan fingerprint density at radius 1 is 0.739 bits per heavy atom. The Balaban J connectivity index is 1.31. The van der Waals surface area contributed by atoms with Crippen LogP contribution in [-0.2, 0) is 60.7 Å². The van der Waals surface area contributed by atoms with Crippen molar-refractivity contribution in [3.8, 4) is 11.5 Å². The zero-order valence-electron chi connectivity index (χ0n) is 36.9. The van der Waals surface area contributed by atoms with Crippen LogP contribution in [0.2, 0.25) is 20.1 Å². The lowest BCUT2D eigenvalue weighted by Gasteiger charge is -2.49. The zero-order valence-corrected chi connectivity index (χ0v) is 39.9. The molecule has 2 saturated heterocycles. The van der Waals surface area contributed by atoms with E-state index in [2.05, 4.69) is 10.0 Å². The fourth-order valence-electron chi connectivity index (χ4n) is 7.96. The molecule has 1 N–H and O–H groups in total. The number of halogens is 4. The van der Waals surface area contributed by atoms with E-state index in [0.717, 1.165) is 25.2 Å². The van der Waals surface area contributed by atoms with Crippen LogP contribution in [0.4, 0.5) is 0 Å². The second kappa shape index (κ2) is 23.6. The Bertz CT molecular complexity index is 2480. The normalized spacial score (nSPS) is 25.4. The standard InChI is InChI=1S/C46H44Cl4N4O15/c1-23(55)65-42-41(64-22-30(56)61-3)37(52-53-51)28(20-62-18-24-10-6-4-7-11-24)67-46(42)69-40-29(21-63-19-25-12-8-5-9-13-25)68-45(66-27-16-14-26(60-2)15-17-27)38(39(40)57)54-43(58)31-32(44(54)59)34(48)36(50)35(49)33(31)47/h4-17,28-29,37-42,45-46,57H,18-22H2,1-3H3/t28-,29-,37+,38-,39-,40-,41+,42-,45-,46+/m1/s1. The molecule has 2 amide bonds. The van der Waals surface area contributed by atoms with Crippen LogP contribution < -0.4 is 9.47 Å². The third-order valence-corrected chi connectivity index (χ3v) is 13.0. The van der Waals surface area contributed by atoms with Crippen molar-refractivity contribution in [3.05, 3.63) is 138 Å². The SMILES string of the molecule is COC(=O)CO[C@H]1[C@@H](N=[N+]=[N-])[C@@H](COCc2ccccc2)O[C@@H](O[C@H]2[C@H](O)[C@@H](N3C(=O)c4c(Cl)c(Cl)c(Cl)c(Cl)c4C3=O)[C@H](Oc3ccc(OC)cc3)O[C@@H]2COCc2ccccc2)[C@@H]1OC(C)=O. The first-order valence-electron chi connectivity index (χ1n) is 21.1. The smallest absolute Gasteiger partial charge is 0.331 e. The second-order valence-electron chi connectivity index (χ2n) is 15.6. The fraction of sp³-hybridized carbons (Fsp3) is 0.391. The van der Waals surface area contributed by atoms with E-state index in [1.807, 2.05) is 60.7 Å². The van der Waals surface area contributed by atoms with Crippen LogP contribution in [0.15, 0.2) is 90.0 Å². The van der Waals surface area contributed by atoms with Gasteiger partial charge in [0.2, 0.25) is 6.29 Å². The summed E-state index contributed by atoms with van der Waals surface area (Å²) in [6.07, 6.45) is -12.9. The molecule has 0 unspecified atom stereocenters.